The first kappa shape index (κ1) is 20.7. The standard InChI is InChI=1S/C23H30N4O2/c1-3-16-13-14-27(15-16)20-8-6-5-7-19(20)23(4-2,22(28)29)26-18-11-9-17(10-12-18)21(24)25/h5-12,16,26H,3-4,13-15H2,1-2H3,(H3,24,25)(H,28,29). The summed E-state index contributed by atoms with van der Waals surface area (Å²) < 4.78 is 0. The number of carboxylic acid groups (broad SMARTS) is 1. The molecule has 0 spiro atoms. The summed E-state index contributed by atoms with van der Waals surface area (Å²) in [5, 5.41) is 21.1. The van der Waals surface area contributed by atoms with E-state index in [1.807, 2.05) is 31.2 Å². The molecule has 0 bridgehead atoms. The maximum atomic E-state index is 12.6. The van der Waals surface area contributed by atoms with Gasteiger partial charge in [-0.3, -0.25) is 5.41 Å². The lowest BCUT2D eigenvalue weighted by Crippen LogP contribution is -2.44. The molecule has 2 atom stereocenters. The molecule has 0 radical (unpaired) electrons. The maximum absolute atomic E-state index is 12.6. The van der Waals surface area contributed by atoms with Gasteiger partial charge in [0.05, 0.1) is 0 Å². The molecule has 5 N–H and O–H groups in total. The van der Waals surface area contributed by atoms with Crippen molar-refractivity contribution in [2.75, 3.05) is 23.3 Å². The highest BCUT2D eigenvalue weighted by Crippen LogP contribution is 2.38. The van der Waals surface area contributed by atoms with Crippen LogP contribution in [0.1, 0.15) is 44.2 Å². The summed E-state index contributed by atoms with van der Waals surface area (Å²) in [6.45, 7) is 6.00. The highest BCUT2D eigenvalue weighted by molar-refractivity contribution is 5.95. The fourth-order valence-corrected chi connectivity index (χ4v) is 4.14. The van der Waals surface area contributed by atoms with Gasteiger partial charge in [0.2, 0.25) is 0 Å². The zero-order valence-corrected chi connectivity index (χ0v) is 17.1. The second-order valence-corrected chi connectivity index (χ2v) is 7.71. The Balaban J connectivity index is 2.01. The Morgan fingerprint density at radius 3 is 2.48 bits per heavy atom. The highest BCUT2D eigenvalue weighted by atomic mass is 16.4. The van der Waals surface area contributed by atoms with E-state index in [-0.39, 0.29) is 5.84 Å². The Bertz CT molecular complexity index is 881. The zero-order valence-electron chi connectivity index (χ0n) is 17.1. The van der Waals surface area contributed by atoms with Gasteiger partial charge in [-0.15, -0.1) is 0 Å². The van der Waals surface area contributed by atoms with Gasteiger partial charge in [0.1, 0.15) is 5.84 Å². The zero-order chi connectivity index (χ0) is 21.0. The van der Waals surface area contributed by atoms with Crippen LogP contribution in [0.2, 0.25) is 0 Å². The molecule has 1 fully saturated rings. The normalized spacial score (nSPS) is 18.3. The number of para-hydroxylation sites is 1. The van der Waals surface area contributed by atoms with Crippen molar-refractivity contribution in [3.05, 3.63) is 59.7 Å². The molecule has 2 unspecified atom stereocenters. The summed E-state index contributed by atoms with van der Waals surface area (Å²) in [4.78, 5) is 14.9. The van der Waals surface area contributed by atoms with Crippen molar-refractivity contribution in [2.45, 2.75) is 38.6 Å². The third-order valence-electron chi connectivity index (χ3n) is 6.02. The second-order valence-electron chi connectivity index (χ2n) is 7.71. The van der Waals surface area contributed by atoms with Crippen molar-refractivity contribution in [3.8, 4) is 0 Å². The number of nitrogens with one attached hydrogen (secondary N) is 2. The maximum Gasteiger partial charge on any atom is 0.334 e. The van der Waals surface area contributed by atoms with Gasteiger partial charge in [-0.2, -0.15) is 0 Å². The van der Waals surface area contributed by atoms with Crippen LogP contribution in [0.3, 0.4) is 0 Å². The van der Waals surface area contributed by atoms with Crippen LogP contribution in [0.25, 0.3) is 0 Å². The summed E-state index contributed by atoms with van der Waals surface area (Å²) >= 11 is 0. The molecule has 1 aliphatic heterocycles. The van der Waals surface area contributed by atoms with Crippen LogP contribution in [0.4, 0.5) is 11.4 Å². The summed E-state index contributed by atoms with van der Waals surface area (Å²) in [7, 11) is 0. The predicted molar refractivity (Wildman–Crippen MR) is 118 cm³/mol. The fraction of sp³-hybridized carbons (Fsp3) is 0.391. The van der Waals surface area contributed by atoms with Crippen molar-refractivity contribution in [1.29, 1.82) is 5.41 Å². The number of benzene rings is 2. The van der Waals surface area contributed by atoms with Gasteiger partial charge in [0, 0.05) is 35.6 Å². The van der Waals surface area contributed by atoms with E-state index in [1.54, 1.807) is 24.3 Å². The second kappa shape index (κ2) is 8.55. The first-order valence-corrected chi connectivity index (χ1v) is 10.2. The quantitative estimate of drug-likeness (QED) is 0.400. The summed E-state index contributed by atoms with van der Waals surface area (Å²) in [6.07, 6.45) is 2.66. The molecule has 3 rings (SSSR count). The van der Waals surface area contributed by atoms with Crippen LogP contribution >= 0.6 is 0 Å². The molecule has 29 heavy (non-hydrogen) atoms. The lowest BCUT2D eigenvalue weighted by molar-refractivity contribution is -0.142. The number of nitrogen functional groups attached to an aromatic ring is 1. The lowest BCUT2D eigenvalue weighted by Gasteiger charge is -2.35. The average Bonchev–Trinajstić information content (AvgIpc) is 3.21. The number of rotatable bonds is 8. The fourth-order valence-electron chi connectivity index (χ4n) is 4.14. The van der Waals surface area contributed by atoms with E-state index in [9.17, 15) is 9.90 Å². The summed E-state index contributed by atoms with van der Waals surface area (Å²) in [5.74, 6) is -0.272. The minimum absolute atomic E-state index is 0.0126. The number of hydrogen-bond acceptors (Lipinski definition) is 4. The third-order valence-corrected chi connectivity index (χ3v) is 6.02. The van der Waals surface area contributed by atoms with Crippen LogP contribution in [-0.4, -0.2) is 30.0 Å². The first-order valence-electron chi connectivity index (χ1n) is 10.2. The number of aliphatic carboxylic acids is 1. The number of carbonyl (C=O) groups is 1. The molecule has 1 heterocycles. The van der Waals surface area contributed by atoms with E-state index < -0.39 is 11.5 Å². The number of anilines is 2. The Morgan fingerprint density at radius 2 is 1.93 bits per heavy atom. The van der Waals surface area contributed by atoms with Gasteiger partial charge in [-0.25, -0.2) is 4.79 Å². The van der Waals surface area contributed by atoms with E-state index in [0.717, 1.165) is 37.2 Å². The molecule has 0 amide bonds. The van der Waals surface area contributed by atoms with E-state index in [1.165, 1.54) is 0 Å². The van der Waals surface area contributed by atoms with E-state index in [0.29, 0.717) is 23.6 Å². The van der Waals surface area contributed by atoms with Crippen LogP contribution in [0.5, 0.6) is 0 Å². The van der Waals surface area contributed by atoms with Gasteiger partial charge >= 0.3 is 5.97 Å². The largest absolute Gasteiger partial charge is 0.479 e. The van der Waals surface area contributed by atoms with E-state index in [4.69, 9.17) is 11.1 Å². The highest BCUT2D eigenvalue weighted by Gasteiger charge is 2.41. The van der Waals surface area contributed by atoms with Gasteiger partial charge < -0.3 is 21.1 Å². The molecule has 2 aromatic carbocycles. The van der Waals surface area contributed by atoms with Crippen LogP contribution in [0, 0.1) is 11.3 Å². The summed E-state index contributed by atoms with van der Waals surface area (Å²) in [6, 6.07) is 14.8. The van der Waals surface area contributed by atoms with Gasteiger partial charge in [0.15, 0.2) is 5.54 Å². The van der Waals surface area contributed by atoms with Crippen LogP contribution < -0.4 is 16.0 Å². The number of carboxylic acids is 1. The Kier molecular flexibility index (Phi) is 6.11. The molecule has 0 saturated carbocycles. The van der Waals surface area contributed by atoms with Crippen molar-refractivity contribution in [3.63, 3.8) is 0 Å². The average molecular weight is 395 g/mol. The number of amidine groups is 1. The van der Waals surface area contributed by atoms with Crippen molar-refractivity contribution in [1.82, 2.24) is 0 Å². The van der Waals surface area contributed by atoms with Gasteiger partial charge in [-0.05, 0) is 49.1 Å². The van der Waals surface area contributed by atoms with Gasteiger partial charge in [0.25, 0.3) is 0 Å². The molecular weight excluding hydrogens is 364 g/mol. The minimum atomic E-state index is -1.25. The first-order chi connectivity index (χ1) is 13.9. The molecular formula is C23H30N4O2. The number of nitrogens with zero attached hydrogens (tertiary/aromatic N) is 1. The predicted octanol–water partition coefficient (Wildman–Crippen LogP) is 4.01. The molecule has 1 saturated heterocycles. The van der Waals surface area contributed by atoms with Crippen molar-refractivity contribution >= 4 is 23.2 Å². The Hall–Kier alpha value is -3.02. The molecule has 0 aliphatic carbocycles. The van der Waals surface area contributed by atoms with Gasteiger partial charge in [-0.1, -0.05) is 38.5 Å². The molecule has 6 nitrogen and oxygen atoms in total. The topological polar surface area (TPSA) is 102 Å². The van der Waals surface area contributed by atoms with Crippen molar-refractivity contribution < 1.29 is 9.90 Å². The minimum Gasteiger partial charge on any atom is -0.479 e. The SMILES string of the molecule is CCC1CCN(c2ccccc2C(CC)(Nc2ccc(C(=N)N)cc2)C(=O)O)C1. The molecule has 154 valence electrons. The smallest absolute Gasteiger partial charge is 0.334 e. The Morgan fingerprint density at radius 1 is 1.24 bits per heavy atom. The van der Waals surface area contributed by atoms with E-state index in [2.05, 4.69) is 17.1 Å². The number of nitrogens with two attached hydrogens (primary N) is 1. The third kappa shape index (κ3) is 4.06. The number of hydrogen-bond donors (Lipinski definition) is 4. The van der Waals surface area contributed by atoms with E-state index >= 15 is 0 Å². The lowest BCUT2D eigenvalue weighted by atomic mass is 9.85. The van der Waals surface area contributed by atoms with Crippen LogP contribution in [-0.2, 0) is 10.3 Å². The molecule has 1 aliphatic rings. The molecule has 6 heteroatoms. The van der Waals surface area contributed by atoms with Crippen molar-refractivity contribution in [2.24, 2.45) is 11.7 Å². The Labute approximate surface area is 172 Å². The van der Waals surface area contributed by atoms with Crippen LogP contribution in [0.15, 0.2) is 48.5 Å². The molecule has 0 aromatic heterocycles. The monoisotopic (exact) mass is 394 g/mol. The summed E-state index contributed by atoms with van der Waals surface area (Å²) in [5.41, 5.74) is 7.34. The molecule has 2 aromatic rings.